The molecule has 28 heavy (non-hydrogen) atoms. The first-order chi connectivity index (χ1) is 13.8. The Morgan fingerprint density at radius 1 is 0.893 bits per heavy atom. The van der Waals surface area contributed by atoms with Gasteiger partial charge in [-0.25, -0.2) is 4.98 Å². The fourth-order valence-electron chi connectivity index (χ4n) is 2.50. The molecule has 0 unspecified atom stereocenters. The van der Waals surface area contributed by atoms with Crippen LogP contribution < -0.4 is 14.8 Å². The van der Waals surface area contributed by atoms with E-state index in [0.717, 1.165) is 29.9 Å². The van der Waals surface area contributed by atoms with Crippen LogP contribution in [0.5, 0.6) is 11.5 Å². The van der Waals surface area contributed by atoms with Crippen LogP contribution in [0, 0.1) is 0 Å². The summed E-state index contributed by atoms with van der Waals surface area (Å²) in [7, 11) is 0. The first-order valence-corrected chi connectivity index (χ1v) is 9.25. The average molecular weight is 377 g/mol. The first-order valence-electron chi connectivity index (χ1n) is 9.25. The van der Waals surface area contributed by atoms with Crippen molar-refractivity contribution in [2.45, 2.75) is 19.4 Å². The number of unbranched alkanes of at least 4 members (excludes halogenated alkanes) is 1. The van der Waals surface area contributed by atoms with Gasteiger partial charge in [0.05, 0.1) is 12.8 Å². The molecular formula is C22H23N3O3. The van der Waals surface area contributed by atoms with Gasteiger partial charge in [0.1, 0.15) is 23.8 Å². The van der Waals surface area contributed by atoms with Crippen molar-refractivity contribution in [2.75, 3.05) is 13.2 Å². The van der Waals surface area contributed by atoms with Crippen LogP contribution in [-0.2, 0) is 6.61 Å². The fraction of sp³-hybridized carbons (Fsp3) is 0.227. The van der Waals surface area contributed by atoms with E-state index in [9.17, 15) is 4.79 Å². The van der Waals surface area contributed by atoms with Crippen LogP contribution in [0.4, 0.5) is 0 Å². The average Bonchev–Trinajstić information content (AvgIpc) is 2.76. The molecule has 1 aromatic heterocycles. The number of aromatic nitrogens is 2. The summed E-state index contributed by atoms with van der Waals surface area (Å²) >= 11 is 0. The molecule has 1 N–H and O–H groups in total. The van der Waals surface area contributed by atoms with Crippen molar-refractivity contribution in [3.05, 3.63) is 84.4 Å². The van der Waals surface area contributed by atoms with E-state index in [1.807, 2.05) is 54.6 Å². The maximum atomic E-state index is 11.8. The lowest BCUT2D eigenvalue weighted by atomic mass is 10.2. The molecule has 6 nitrogen and oxygen atoms in total. The topological polar surface area (TPSA) is 73.3 Å². The second kappa shape index (κ2) is 10.7. The minimum atomic E-state index is -0.208. The van der Waals surface area contributed by atoms with Crippen LogP contribution in [-0.4, -0.2) is 29.0 Å². The van der Waals surface area contributed by atoms with Crippen molar-refractivity contribution in [3.63, 3.8) is 0 Å². The quantitative estimate of drug-likeness (QED) is 0.546. The van der Waals surface area contributed by atoms with Gasteiger partial charge in [0.25, 0.3) is 5.91 Å². The third-order valence-electron chi connectivity index (χ3n) is 3.99. The number of hydrogen-bond acceptors (Lipinski definition) is 5. The Morgan fingerprint density at radius 2 is 1.64 bits per heavy atom. The summed E-state index contributed by atoms with van der Waals surface area (Å²) in [6.45, 7) is 1.71. The molecule has 144 valence electrons. The largest absolute Gasteiger partial charge is 0.494 e. The lowest BCUT2D eigenvalue weighted by Gasteiger charge is -2.09. The van der Waals surface area contributed by atoms with E-state index in [1.165, 1.54) is 18.6 Å². The standard InChI is InChI=1S/C22H23N3O3/c26-22(21-16-23-13-14-24-21)25-12-4-5-15-27-19-8-10-20(11-9-19)28-17-18-6-2-1-3-7-18/h1-3,6-11,13-14,16H,4-5,12,15,17H2,(H,25,26). The smallest absolute Gasteiger partial charge is 0.271 e. The van der Waals surface area contributed by atoms with Gasteiger partial charge in [-0.3, -0.25) is 9.78 Å². The third kappa shape index (κ3) is 6.39. The number of amides is 1. The molecule has 0 atom stereocenters. The molecule has 1 heterocycles. The fourth-order valence-corrected chi connectivity index (χ4v) is 2.50. The zero-order chi connectivity index (χ0) is 19.4. The van der Waals surface area contributed by atoms with Crippen LogP contribution in [0.15, 0.2) is 73.2 Å². The first kappa shape index (κ1) is 19.4. The Bertz CT molecular complexity index is 840. The Balaban J connectivity index is 1.29. The zero-order valence-electron chi connectivity index (χ0n) is 15.6. The summed E-state index contributed by atoms with van der Waals surface area (Å²) in [6.07, 6.45) is 6.15. The lowest BCUT2D eigenvalue weighted by Crippen LogP contribution is -2.25. The maximum Gasteiger partial charge on any atom is 0.271 e. The number of carbonyl (C=O) groups excluding carboxylic acids is 1. The van der Waals surface area contributed by atoms with Crippen molar-refractivity contribution < 1.29 is 14.3 Å². The Hall–Kier alpha value is -3.41. The number of nitrogens with zero attached hydrogens (tertiary/aromatic N) is 2. The highest BCUT2D eigenvalue weighted by Gasteiger charge is 2.05. The number of ether oxygens (including phenoxy) is 2. The molecule has 0 bridgehead atoms. The van der Waals surface area contributed by atoms with Gasteiger partial charge in [0, 0.05) is 18.9 Å². The monoisotopic (exact) mass is 377 g/mol. The Kier molecular flexibility index (Phi) is 7.37. The number of rotatable bonds is 10. The highest BCUT2D eigenvalue weighted by Crippen LogP contribution is 2.19. The minimum absolute atomic E-state index is 0.208. The van der Waals surface area contributed by atoms with Gasteiger partial charge in [0.15, 0.2) is 0 Å². The van der Waals surface area contributed by atoms with Crippen molar-refractivity contribution >= 4 is 5.91 Å². The Labute approximate surface area is 164 Å². The summed E-state index contributed by atoms with van der Waals surface area (Å²) in [5.41, 5.74) is 1.46. The van der Waals surface area contributed by atoms with Crippen molar-refractivity contribution in [2.24, 2.45) is 0 Å². The van der Waals surface area contributed by atoms with Crippen molar-refractivity contribution in [3.8, 4) is 11.5 Å². The molecule has 0 aliphatic carbocycles. The van der Waals surface area contributed by atoms with E-state index in [2.05, 4.69) is 15.3 Å². The van der Waals surface area contributed by atoms with E-state index < -0.39 is 0 Å². The van der Waals surface area contributed by atoms with Gasteiger partial charge in [0.2, 0.25) is 0 Å². The highest BCUT2D eigenvalue weighted by atomic mass is 16.5. The molecule has 1 amide bonds. The molecule has 0 aliphatic heterocycles. The minimum Gasteiger partial charge on any atom is -0.494 e. The molecule has 0 fully saturated rings. The van der Waals surface area contributed by atoms with Crippen LogP contribution in [0.2, 0.25) is 0 Å². The highest BCUT2D eigenvalue weighted by molar-refractivity contribution is 5.91. The van der Waals surface area contributed by atoms with Gasteiger partial charge < -0.3 is 14.8 Å². The van der Waals surface area contributed by atoms with Crippen LogP contribution in [0.1, 0.15) is 28.9 Å². The van der Waals surface area contributed by atoms with Gasteiger partial charge in [-0.2, -0.15) is 0 Å². The van der Waals surface area contributed by atoms with E-state index in [-0.39, 0.29) is 5.91 Å². The lowest BCUT2D eigenvalue weighted by molar-refractivity contribution is 0.0947. The predicted molar refractivity (Wildman–Crippen MR) is 106 cm³/mol. The maximum absolute atomic E-state index is 11.8. The number of nitrogens with one attached hydrogen (secondary N) is 1. The second-order valence-corrected chi connectivity index (χ2v) is 6.15. The van der Waals surface area contributed by atoms with Crippen LogP contribution in [0.25, 0.3) is 0 Å². The molecule has 0 saturated carbocycles. The van der Waals surface area contributed by atoms with E-state index in [4.69, 9.17) is 9.47 Å². The number of hydrogen-bond donors (Lipinski definition) is 1. The van der Waals surface area contributed by atoms with E-state index in [0.29, 0.717) is 25.5 Å². The van der Waals surface area contributed by atoms with Gasteiger partial charge in [-0.15, -0.1) is 0 Å². The van der Waals surface area contributed by atoms with Crippen molar-refractivity contribution in [1.82, 2.24) is 15.3 Å². The molecule has 2 aromatic carbocycles. The van der Waals surface area contributed by atoms with Crippen molar-refractivity contribution in [1.29, 1.82) is 0 Å². The normalized spacial score (nSPS) is 10.3. The summed E-state index contributed by atoms with van der Waals surface area (Å²) in [5, 5.41) is 2.82. The summed E-state index contributed by atoms with van der Waals surface area (Å²) in [5.74, 6) is 1.40. The summed E-state index contributed by atoms with van der Waals surface area (Å²) < 4.78 is 11.5. The summed E-state index contributed by atoms with van der Waals surface area (Å²) in [6, 6.07) is 17.7. The Morgan fingerprint density at radius 3 is 2.36 bits per heavy atom. The van der Waals surface area contributed by atoms with E-state index >= 15 is 0 Å². The number of carbonyl (C=O) groups is 1. The third-order valence-corrected chi connectivity index (χ3v) is 3.99. The van der Waals surface area contributed by atoms with E-state index in [1.54, 1.807) is 0 Å². The molecule has 3 rings (SSSR count). The summed E-state index contributed by atoms with van der Waals surface area (Å²) in [4.78, 5) is 19.7. The zero-order valence-corrected chi connectivity index (χ0v) is 15.6. The number of benzene rings is 2. The van der Waals surface area contributed by atoms with Crippen LogP contribution in [0.3, 0.4) is 0 Å². The predicted octanol–water partition coefficient (Wildman–Crippen LogP) is 3.64. The molecule has 3 aromatic rings. The molecular weight excluding hydrogens is 354 g/mol. The van der Waals surface area contributed by atoms with Gasteiger partial charge >= 0.3 is 0 Å². The molecule has 0 aliphatic rings. The molecule has 0 radical (unpaired) electrons. The van der Waals surface area contributed by atoms with Crippen LogP contribution >= 0.6 is 0 Å². The van der Waals surface area contributed by atoms with Gasteiger partial charge in [-0.1, -0.05) is 30.3 Å². The molecule has 0 spiro atoms. The molecule has 6 heteroatoms. The molecule has 0 saturated heterocycles. The van der Waals surface area contributed by atoms with Gasteiger partial charge in [-0.05, 0) is 42.7 Å². The SMILES string of the molecule is O=C(NCCCCOc1ccc(OCc2ccccc2)cc1)c1cnccn1. The second-order valence-electron chi connectivity index (χ2n) is 6.15.